The lowest BCUT2D eigenvalue weighted by atomic mass is 10.0. The Morgan fingerprint density at radius 2 is 1.16 bits per heavy atom. The summed E-state index contributed by atoms with van der Waals surface area (Å²) in [6.07, 6.45) is 21.4. The van der Waals surface area contributed by atoms with Crippen molar-refractivity contribution in [2.45, 2.75) is 148 Å². The molecule has 1 unspecified atom stereocenters. The van der Waals surface area contributed by atoms with Gasteiger partial charge in [-0.3, -0.25) is 4.79 Å². The van der Waals surface area contributed by atoms with Gasteiger partial charge in [-0.05, 0) is 12.8 Å². The van der Waals surface area contributed by atoms with Crippen molar-refractivity contribution in [2.75, 3.05) is 0 Å². The zero-order chi connectivity index (χ0) is 23.9. The van der Waals surface area contributed by atoms with Gasteiger partial charge in [0.25, 0.3) is 0 Å². The van der Waals surface area contributed by atoms with Crippen molar-refractivity contribution in [1.29, 1.82) is 0 Å². The van der Waals surface area contributed by atoms with Crippen LogP contribution in [-0.2, 0) is 14.3 Å². The third-order valence-corrected chi connectivity index (χ3v) is 5.85. The van der Waals surface area contributed by atoms with Crippen LogP contribution in [0.4, 0.5) is 0 Å². The molecule has 2 N–H and O–H groups in total. The van der Waals surface area contributed by atoms with Gasteiger partial charge in [0.05, 0.1) is 18.6 Å². The third kappa shape index (κ3) is 21.9. The second-order valence-corrected chi connectivity index (χ2v) is 9.12. The minimum absolute atomic E-state index is 0.0792. The van der Waals surface area contributed by atoms with Crippen LogP contribution in [-0.4, -0.2) is 28.3 Å². The fourth-order valence-corrected chi connectivity index (χ4v) is 3.90. The smallest absolute Gasteiger partial charge is 0.331 e. The molecule has 5 heteroatoms. The summed E-state index contributed by atoms with van der Waals surface area (Å²) in [6, 6.07) is 0. The summed E-state index contributed by atoms with van der Waals surface area (Å²) in [5.41, 5.74) is 0. The lowest BCUT2D eigenvalue weighted by molar-refractivity contribution is -0.142. The number of aliphatic carboxylic acids is 1. The van der Waals surface area contributed by atoms with E-state index in [1.54, 1.807) is 0 Å². The Morgan fingerprint density at radius 3 is 1.62 bits per heavy atom. The molecule has 0 bridgehead atoms. The van der Waals surface area contributed by atoms with Crippen molar-refractivity contribution in [3.8, 4) is 0 Å². The maximum Gasteiger partial charge on any atom is 0.331 e. The Bertz CT molecular complexity index is 486. The Hall–Kier alpha value is -1.36. The number of carbonyl (C=O) groups is 2. The number of rotatable bonds is 23. The predicted molar refractivity (Wildman–Crippen MR) is 132 cm³/mol. The Labute approximate surface area is 197 Å². The van der Waals surface area contributed by atoms with Gasteiger partial charge < -0.3 is 14.9 Å². The number of hydrogen-bond acceptors (Lipinski definition) is 4. The third-order valence-electron chi connectivity index (χ3n) is 5.85. The minimum atomic E-state index is -1.11. The molecular formula is C27H50O5. The van der Waals surface area contributed by atoms with E-state index in [4.69, 9.17) is 9.84 Å². The van der Waals surface area contributed by atoms with E-state index >= 15 is 0 Å². The van der Waals surface area contributed by atoms with Crippen molar-refractivity contribution in [2.24, 2.45) is 0 Å². The lowest BCUT2D eigenvalue weighted by Gasteiger charge is -2.12. The second-order valence-electron chi connectivity index (χ2n) is 9.12. The summed E-state index contributed by atoms with van der Waals surface area (Å²) in [6.45, 7) is 4.42. The molecule has 0 aliphatic heterocycles. The molecule has 0 rings (SSSR count). The van der Waals surface area contributed by atoms with Gasteiger partial charge in [-0.1, -0.05) is 117 Å². The number of ether oxygens (including phenoxy) is 1. The van der Waals surface area contributed by atoms with E-state index in [1.807, 2.05) is 0 Å². The lowest BCUT2D eigenvalue weighted by Crippen LogP contribution is -2.16. The maximum atomic E-state index is 12.1. The first kappa shape index (κ1) is 30.6. The first-order valence-corrected chi connectivity index (χ1v) is 13.3. The molecule has 0 spiro atoms. The highest BCUT2D eigenvalue weighted by Crippen LogP contribution is 2.16. The molecule has 0 aromatic rings. The first-order valence-electron chi connectivity index (χ1n) is 13.3. The molecule has 0 aliphatic rings. The topological polar surface area (TPSA) is 83.8 Å². The van der Waals surface area contributed by atoms with Crippen LogP contribution in [0.25, 0.3) is 0 Å². The number of aliphatic hydroxyl groups excluding tert-OH is 1. The molecule has 0 saturated heterocycles. The highest BCUT2D eigenvalue weighted by atomic mass is 16.5. The molecule has 1 atom stereocenters. The zero-order valence-corrected chi connectivity index (χ0v) is 20.9. The molecule has 0 amide bonds. The highest BCUT2D eigenvalue weighted by Gasteiger charge is 2.14. The summed E-state index contributed by atoms with van der Waals surface area (Å²) >= 11 is 0. The monoisotopic (exact) mass is 454 g/mol. The minimum Gasteiger partial charge on any atom is -0.478 e. The van der Waals surface area contributed by atoms with Crippen LogP contribution in [0.5, 0.6) is 0 Å². The van der Waals surface area contributed by atoms with Crippen LogP contribution < -0.4 is 0 Å². The average Bonchev–Trinajstić information content (AvgIpc) is 2.73. The quantitative estimate of drug-likeness (QED) is 0.0715. The molecule has 0 aromatic heterocycles. The van der Waals surface area contributed by atoms with E-state index < -0.39 is 18.0 Å². The molecule has 0 saturated carbocycles. The maximum absolute atomic E-state index is 12.1. The van der Waals surface area contributed by atoms with Gasteiger partial charge in [0.1, 0.15) is 5.76 Å². The van der Waals surface area contributed by atoms with Crippen LogP contribution >= 0.6 is 0 Å². The van der Waals surface area contributed by atoms with Gasteiger partial charge in [0, 0.05) is 6.42 Å². The Balaban J connectivity index is 3.95. The molecule has 0 heterocycles. The van der Waals surface area contributed by atoms with Crippen molar-refractivity contribution >= 4 is 11.9 Å². The number of esters is 1. The van der Waals surface area contributed by atoms with Gasteiger partial charge in [-0.25, -0.2) is 4.79 Å². The van der Waals surface area contributed by atoms with Gasteiger partial charge in [0.15, 0.2) is 0 Å². The number of unbranched alkanes of at least 4 members (excludes halogenated alkanes) is 15. The molecule has 188 valence electrons. The van der Waals surface area contributed by atoms with Crippen LogP contribution in [0.1, 0.15) is 142 Å². The Kier molecular flexibility index (Phi) is 21.9. The number of hydrogen-bond donors (Lipinski definition) is 2. The van der Waals surface area contributed by atoms with Crippen LogP contribution in [0.15, 0.2) is 11.8 Å². The fraction of sp³-hybridized carbons (Fsp3) is 0.852. The molecule has 0 aliphatic carbocycles. The molecular weight excluding hydrogens is 404 g/mol. The highest BCUT2D eigenvalue weighted by molar-refractivity contribution is 5.81. The Morgan fingerprint density at radius 1 is 0.719 bits per heavy atom. The summed E-state index contributed by atoms with van der Waals surface area (Å²) < 4.78 is 5.26. The molecule has 0 fully saturated rings. The van der Waals surface area contributed by atoms with Crippen LogP contribution in [0.3, 0.4) is 0 Å². The van der Waals surface area contributed by atoms with Crippen LogP contribution in [0, 0.1) is 0 Å². The van der Waals surface area contributed by atoms with Crippen molar-refractivity contribution in [3.05, 3.63) is 11.8 Å². The molecule has 0 aromatic carbocycles. The van der Waals surface area contributed by atoms with Gasteiger partial charge in [0.2, 0.25) is 0 Å². The molecule has 5 nitrogen and oxygen atoms in total. The van der Waals surface area contributed by atoms with Gasteiger partial charge >= 0.3 is 11.9 Å². The predicted octanol–water partition coefficient (Wildman–Crippen LogP) is 7.70. The number of aliphatic hydroxyl groups is 1. The standard InChI is InChI=1S/C27H50O5/c1-3-5-7-9-11-12-13-14-15-17-19-21-25(23-26(29)30)32-27(31)22-24(28)20-18-16-10-8-6-4-2/h23-24,28H,3-22H2,1-2H3,(H,29,30). The number of allylic oxidation sites excluding steroid dienone is 1. The van der Waals surface area contributed by atoms with Crippen molar-refractivity contribution in [1.82, 2.24) is 0 Å². The van der Waals surface area contributed by atoms with E-state index in [2.05, 4.69) is 13.8 Å². The summed E-state index contributed by atoms with van der Waals surface area (Å²) in [5, 5.41) is 19.1. The van der Waals surface area contributed by atoms with Gasteiger partial charge in [-0.15, -0.1) is 0 Å². The van der Waals surface area contributed by atoms with Crippen molar-refractivity contribution < 1.29 is 24.5 Å². The zero-order valence-electron chi connectivity index (χ0n) is 20.9. The molecule has 0 radical (unpaired) electrons. The summed E-state index contributed by atoms with van der Waals surface area (Å²) in [5.74, 6) is -1.45. The molecule has 32 heavy (non-hydrogen) atoms. The van der Waals surface area contributed by atoms with Crippen molar-refractivity contribution in [3.63, 3.8) is 0 Å². The largest absolute Gasteiger partial charge is 0.478 e. The van der Waals surface area contributed by atoms with Gasteiger partial charge in [-0.2, -0.15) is 0 Å². The number of carboxylic acid groups (broad SMARTS) is 1. The summed E-state index contributed by atoms with van der Waals surface area (Å²) in [4.78, 5) is 23.2. The fourth-order valence-electron chi connectivity index (χ4n) is 3.90. The summed E-state index contributed by atoms with van der Waals surface area (Å²) in [7, 11) is 0. The second kappa shape index (κ2) is 22.8. The van der Waals surface area contributed by atoms with E-state index in [0.29, 0.717) is 12.8 Å². The van der Waals surface area contributed by atoms with E-state index in [9.17, 15) is 14.7 Å². The normalized spacial score (nSPS) is 12.7. The van der Waals surface area contributed by atoms with E-state index in [-0.39, 0.29) is 12.2 Å². The number of carboxylic acids is 1. The van der Waals surface area contributed by atoms with E-state index in [1.165, 1.54) is 70.6 Å². The first-order chi connectivity index (χ1) is 15.5. The SMILES string of the molecule is CCCCCCCCCCCCCC(=CC(=O)O)OC(=O)CC(O)CCCCCCCC. The average molecular weight is 455 g/mol. The number of carbonyl (C=O) groups excluding carboxylic acids is 1. The van der Waals surface area contributed by atoms with Crippen LogP contribution in [0.2, 0.25) is 0 Å². The van der Waals surface area contributed by atoms with E-state index in [0.717, 1.165) is 44.6 Å².